The molecule has 0 aliphatic carbocycles. The summed E-state index contributed by atoms with van der Waals surface area (Å²) in [6.45, 7) is 49.5. The molecule has 472 valence electrons. The number of phenols is 2. The minimum absolute atomic E-state index is 0. The number of halogens is 2. The van der Waals surface area contributed by atoms with Crippen LogP contribution in [0.3, 0.4) is 0 Å². The first-order chi connectivity index (χ1) is 39.5. The van der Waals surface area contributed by atoms with E-state index in [-0.39, 0.29) is 107 Å². The van der Waals surface area contributed by atoms with Gasteiger partial charge in [-0.15, -0.1) is 0 Å². The van der Waals surface area contributed by atoms with Crippen molar-refractivity contribution < 1.29 is 44.8 Å². The molecule has 0 aliphatic rings. The van der Waals surface area contributed by atoms with Gasteiger partial charge >= 0.3 is 0 Å². The second-order valence-electron chi connectivity index (χ2n) is 32.6. The smallest absolute Gasteiger partial charge is 0.147 e. The Hall–Kier alpha value is -6.31. The zero-order valence-corrected chi connectivity index (χ0v) is 61.9. The summed E-state index contributed by atoms with van der Waals surface area (Å²) in [5, 5.41) is 28.8. The summed E-state index contributed by atoms with van der Waals surface area (Å²) in [7, 11) is 0. The number of phenolic OH excluding ortho intramolecular Hbond substituents is 2. The minimum atomic E-state index is -0.320. The quantitative estimate of drug-likeness (QED) is 0.118. The van der Waals surface area contributed by atoms with E-state index in [0.29, 0.717) is 33.6 Å². The van der Waals surface area contributed by atoms with Crippen molar-refractivity contribution in [1.29, 1.82) is 0 Å². The molecule has 0 spiro atoms. The average molecular weight is 1360 g/mol. The van der Waals surface area contributed by atoms with Gasteiger partial charge in [0, 0.05) is 58.5 Å². The van der Waals surface area contributed by atoms with E-state index >= 15 is 0 Å². The van der Waals surface area contributed by atoms with Gasteiger partial charge in [-0.25, -0.2) is 8.78 Å². The van der Waals surface area contributed by atoms with Crippen LogP contribution in [0.5, 0.6) is 11.5 Å². The van der Waals surface area contributed by atoms with Gasteiger partial charge in [0.15, 0.2) is 0 Å². The van der Waals surface area contributed by atoms with Crippen LogP contribution < -0.4 is 0 Å². The Bertz CT molecular complexity index is 3810. The summed E-state index contributed by atoms with van der Waals surface area (Å²) >= 11 is 0. The van der Waals surface area contributed by atoms with Gasteiger partial charge in [0.2, 0.25) is 0 Å². The van der Waals surface area contributed by atoms with E-state index < -0.39 is 0 Å². The molecule has 0 saturated heterocycles. The predicted octanol–water partition coefficient (Wildman–Crippen LogP) is 24.1. The van der Waals surface area contributed by atoms with Gasteiger partial charge in [-0.05, 0) is 198 Å². The number of benzene rings is 8. The maximum Gasteiger partial charge on any atom is 0.147 e. The molecule has 10 aromatic rings. The molecular formula is C82H102F2HfN2O2-2. The first-order valence-corrected chi connectivity index (χ1v) is 31.0. The van der Waals surface area contributed by atoms with Crippen molar-refractivity contribution in [2.75, 3.05) is 0 Å². The molecule has 0 aliphatic heterocycles. The van der Waals surface area contributed by atoms with Crippen LogP contribution in [0.2, 0.25) is 0 Å². The number of aromatic hydroxyl groups is 2. The molecule has 2 N–H and O–H groups in total. The van der Waals surface area contributed by atoms with Gasteiger partial charge < -0.3 is 34.2 Å². The van der Waals surface area contributed by atoms with Gasteiger partial charge in [-0.3, -0.25) is 0 Å². The molecule has 8 aromatic carbocycles. The monoisotopic (exact) mass is 1360 g/mol. The normalized spacial score (nSPS) is 12.9. The van der Waals surface area contributed by atoms with Crippen molar-refractivity contribution in [3.63, 3.8) is 0 Å². The van der Waals surface area contributed by atoms with Crippen molar-refractivity contribution >= 4 is 43.6 Å². The second kappa shape index (κ2) is 25.1. The Morgan fingerprint density at radius 2 is 0.584 bits per heavy atom. The molecule has 7 heteroatoms. The summed E-state index contributed by atoms with van der Waals surface area (Å²) < 4.78 is 33.4. The topological polar surface area (TPSA) is 50.3 Å². The Balaban J connectivity index is 0.000000274. The summed E-state index contributed by atoms with van der Waals surface area (Å²) in [6.07, 6.45) is 1.90. The maximum absolute atomic E-state index is 14.5. The Morgan fingerprint density at radius 1 is 0.326 bits per heavy atom. The molecule has 0 bridgehead atoms. The summed E-state index contributed by atoms with van der Waals surface area (Å²) in [6, 6.07) is 48.4. The van der Waals surface area contributed by atoms with Gasteiger partial charge in [-0.1, -0.05) is 201 Å². The fourth-order valence-electron chi connectivity index (χ4n) is 13.4. The van der Waals surface area contributed by atoms with Gasteiger partial charge in [-0.2, -0.15) is 0 Å². The SMILES string of the molecule is CC(C)(C)CC(C)(C)c1cc(-c2cccc(F)c2)c(O)c(-n2c3ccc(C(C)(C)C)cc3c3cc(C(C)(C)C)ccc32)c1.CC(C)(C)CC(C)(C)c1cc(-c2cccc(F)c2)c(O)c(-n2c3ccc(C(C)(C)C)cc3c3cc(C(C)(C)C)ccc32)c1.[CH3-].[CH3-].[Hf]. The molecule has 0 radical (unpaired) electrons. The van der Waals surface area contributed by atoms with Gasteiger partial charge in [0.1, 0.15) is 23.1 Å². The van der Waals surface area contributed by atoms with Gasteiger partial charge in [0.25, 0.3) is 0 Å². The van der Waals surface area contributed by atoms with E-state index in [9.17, 15) is 19.0 Å². The third-order valence-electron chi connectivity index (χ3n) is 17.4. The van der Waals surface area contributed by atoms with Crippen LogP contribution in [0.4, 0.5) is 8.78 Å². The molecule has 0 amide bonds. The van der Waals surface area contributed by atoms with E-state index in [1.165, 1.54) is 68.1 Å². The van der Waals surface area contributed by atoms with Crippen LogP contribution in [0.1, 0.15) is 199 Å². The van der Waals surface area contributed by atoms with Crippen molar-refractivity contribution in [1.82, 2.24) is 9.13 Å². The molecule has 0 fully saturated rings. The van der Waals surface area contributed by atoms with Crippen molar-refractivity contribution in [3.05, 3.63) is 205 Å². The zero-order valence-electron chi connectivity index (χ0n) is 58.3. The van der Waals surface area contributed by atoms with Crippen LogP contribution in [0, 0.1) is 37.3 Å². The van der Waals surface area contributed by atoms with Crippen LogP contribution >= 0.6 is 0 Å². The van der Waals surface area contributed by atoms with E-state index in [0.717, 1.165) is 46.0 Å². The predicted molar refractivity (Wildman–Crippen MR) is 378 cm³/mol. The number of aromatic nitrogens is 2. The largest absolute Gasteiger partial charge is 0.505 e. The average Bonchev–Trinajstić information content (AvgIpc) is 1.67. The molecule has 2 heterocycles. The van der Waals surface area contributed by atoms with E-state index in [2.05, 4.69) is 259 Å². The summed E-state index contributed by atoms with van der Waals surface area (Å²) in [5.41, 5.74) is 15.3. The van der Waals surface area contributed by atoms with Crippen LogP contribution in [0.15, 0.2) is 146 Å². The Labute approximate surface area is 553 Å². The summed E-state index contributed by atoms with van der Waals surface area (Å²) in [4.78, 5) is 0. The zero-order chi connectivity index (χ0) is 63.4. The Kier molecular flexibility index (Phi) is 20.2. The van der Waals surface area contributed by atoms with Gasteiger partial charge in [0.05, 0.1) is 33.4 Å². The molecular weight excluding hydrogens is 1260 g/mol. The number of rotatable bonds is 8. The molecule has 89 heavy (non-hydrogen) atoms. The number of hydrogen-bond donors (Lipinski definition) is 2. The fourth-order valence-corrected chi connectivity index (χ4v) is 13.4. The molecule has 0 unspecified atom stereocenters. The van der Waals surface area contributed by atoms with Crippen LogP contribution in [0.25, 0.3) is 77.2 Å². The molecule has 4 nitrogen and oxygen atoms in total. The third-order valence-corrected chi connectivity index (χ3v) is 17.4. The molecule has 10 rings (SSSR count). The Morgan fingerprint density at radius 3 is 0.809 bits per heavy atom. The van der Waals surface area contributed by atoms with E-state index in [4.69, 9.17) is 0 Å². The number of fused-ring (bicyclic) bond motifs is 6. The molecule has 2 aromatic heterocycles. The number of hydrogen-bond acceptors (Lipinski definition) is 2. The van der Waals surface area contributed by atoms with Crippen LogP contribution in [-0.4, -0.2) is 19.3 Å². The van der Waals surface area contributed by atoms with Crippen molar-refractivity contribution in [2.24, 2.45) is 10.8 Å². The first-order valence-electron chi connectivity index (χ1n) is 31.0. The van der Waals surface area contributed by atoms with Crippen LogP contribution in [-0.2, 0) is 58.3 Å². The van der Waals surface area contributed by atoms with E-state index in [1.54, 1.807) is 12.1 Å². The third kappa shape index (κ3) is 15.0. The molecule has 0 saturated carbocycles. The number of nitrogens with zero attached hydrogens (tertiary/aromatic N) is 2. The standard InChI is InChI=1S/2C40H48FNO.2CH3.Hf/c2*1-37(2,3)24-40(10,11)28-22-30(25-13-12-14-29(41)19-25)36(43)35(23-28)42-33-17-15-26(38(4,5)6)20-31(33)32-21-27(39(7,8)9)16-18-34(32)42;;;/h2*12-23,43H,24H2,1-11H3;2*1H3;/q;;2*-1;. The second-order valence-corrected chi connectivity index (χ2v) is 32.6. The maximum atomic E-state index is 14.5. The first kappa shape index (κ1) is 71.8. The molecule has 0 atom stereocenters. The summed E-state index contributed by atoms with van der Waals surface area (Å²) in [5.74, 6) is -0.336. The minimum Gasteiger partial charge on any atom is -0.505 e. The van der Waals surface area contributed by atoms with Crippen molar-refractivity contribution in [2.45, 2.75) is 198 Å². The van der Waals surface area contributed by atoms with Crippen molar-refractivity contribution in [3.8, 4) is 45.1 Å². The fraction of sp³-hybridized carbons (Fsp3) is 0.390. The van der Waals surface area contributed by atoms with E-state index in [1.807, 2.05) is 12.1 Å².